The fourth-order valence-electron chi connectivity index (χ4n) is 2.22. The number of rotatable bonds is 4. The molecule has 22 heavy (non-hydrogen) atoms. The summed E-state index contributed by atoms with van der Waals surface area (Å²) in [5.74, 6) is 0.913. The minimum absolute atomic E-state index is 0.521. The number of aromatic nitrogens is 2. The lowest BCUT2D eigenvalue weighted by Crippen LogP contribution is -2.31. The molecule has 2 N–H and O–H groups in total. The number of nitrogens with one attached hydrogen (secondary N) is 2. The van der Waals surface area contributed by atoms with E-state index in [0.717, 1.165) is 34.9 Å². The zero-order chi connectivity index (χ0) is 16.1. The Morgan fingerprint density at radius 1 is 1.36 bits per heavy atom. The summed E-state index contributed by atoms with van der Waals surface area (Å²) >= 11 is 5.07. The average Bonchev–Trinajstić information content (AvgIpc) is 2.75. The summed E-state index contributed by atoms with van der Waals surface area (Å²) in [6.07, 6.45) is 3.65. The Kier molecular flexibility index (Phi) is 5.27. The van der Waals surface area contributed by atoms with Gasteiger partial charge in [-0.2, -0.15) is 5.10 Å². The van der Waals surface area contributed by atoms with Crippen LogP contribution in [-0.2, 0) is 0 Å². The van der Waals surface area contributed by atoms with E-state index in [4.69, 9.17) is 12.2 Å². The average molecular weight is 315 g/mol. The Balaban J connectivity index is 2.22. The van der Waals surface area contributed by atoms with Crippen LogP contribution in [0.2, 0.25) is 0 Å². The van der Waals surface area contributed by atoms with Crippen molar-refractivity contribution in [3.8, 4) is 5.82 Å². The Morgan fingerprint density at radius 2 is 2.14 bits per heavy atom. The number of nitrogens with zero attached hydrogens (tertiary/aromatic N) is 3. The molecule has 0 saturated carbocycles. The van der Waals surface area contributed by atoms with E-state index < -0.39 is 0 Å². The van der Waals surface area contributed by atoms with Gasteiger partial charge < -0.3 is 9.88 Å². The van der Waals surface area contributed by atoms with Crippen molar-refractivity contribution < 1.29 is 0 Å². The van der Waals surface area contributed by atoms with Gasteiger partial charge in [0, 0.05) is 29.7 Å². The quantitative estimate of drug-likeness (QED) is 0.517. The van der Waals surface area contributed by atoms with Crippen LogP contribution in [0.5, 0.6) is 0 Å². The zero-order valence-corrected chi connectivity index (χ0v) is 14.2. The standard InChI is InChI=1S/C16H21N5S/c1-5-17-16(22)20-19-10-14-8-12(3)21(13(14)4)15-7-6-11(2)9-18-15/h6-10H,5H2,1-4H3,(H2,17,20,22)/b19-10-. The minimum Gasteiger partial charge on any atom is -0.362 e. The molecule has 0 aliphatic rings. The van der Waals surface area contributed by atoms with E-state index in [9.17, 15) is 0 Å². The smallest absolute Gasteiger partial charge is 0.186 e. The molecule has 2 heterocycles. The molecule has 0 aliphatic heterocycles. The predicted molar refractivity (Wildman–Crippen MR) is 94.8 cm³/mol. The van der Waals surface area contributed by atoms with Gasteiger partial charge in [-0.25, -0.2) is 4.98 Å². The lowest BCUT2D eigenvalue weighted by atomic mass is 10.3. The van der Waals surface area contributed by atoms with Gasteiger partial charge in [-0.05, 0) is 57.6 Å². The molecular weight excluding hydrogens is 294 g/mol. The van der Waals surface area contributed by atoms with Gasteiger partial charge in [0.1, 0.15) is 5.82 Å². The van der Waals surface area contributed by atoms with Crippen LogP contribution >= 0.6 is 12.2 Å². The molecule has 5 nitrogen and oxygen atoms in total. The second-order valence-corrected chi connectivity index (χ2v) is 5.49. The van der Waals surface area contributed by atoms with Gasteiger partial charge in [0.05, 0.1) is 6.21 Å². The number of hydrogen-bond acceptors (Lipinski definition) is 3. The first-order valence-corrected chi connectivity index (χ1v) is 7.62. The van der Waals surface area contributed by atoms with Crippen molar-refractivity contribution in [1.29, 1.82) is 0 Å². The molecule has 2 rings (SSSR count). The van der Waals surface area contributed by atoms with E-state index in [1.807, 2.05) is 26.1 Å². The number of hydrogen-bond donors (Lipinski definition) is 2. The molecule has 0 aliphatic carbocycles. The van der Waals surface area contributed by atoms with Crippen molar-refractivity contribution in [2.24, 2.45) is 5.10 Å². The molecule has 0 saturated heterocycles. The van der Waals surface area contributed by atoms with Crippen LogP contribution in [0, 0.1) is 20.8 Å². The highest BCUT2D eigenvalue weighted by molar-refractivity contribution is 7.80. The zero-order valence-electron chi connectivity index (χ0n) is 13.3. The number of hydrazone groups is 1. The summed E-state index contributed by atoms with van der Waals surface area (Å²) in [6.45, 7) is 8.90. The Labute approximate surface area is 136 Å². The number of thiocarbonyl (C=S) groups is 1. The van der Waals surface area contributed by atoms with Crippen molar-refractivity contribution in [3.05, 3.63) is 46.9 Å². The van der Waals surface area contributed by atoms with E-state index in [0.29, 0.717) is 5.11 Å². The van der Waals surface area contributed by atoms with Crippen molar-refractivity contribution in [3.63, 3.8) is 0 Å². The van der Waals surface area contributed by atoms with Crippen molar-refractivity contribution in [2.75, 3.05) is 6.54 Å². The molecular formula is C16H21N5S. The number of pyridine rings is 1. The van der Waals surface area contributed by atoms with E-state index in [1.165, 1.54) is 0 Å². The summed E-state index contributed by atoms with van der Waals surface area (Å²) in [5.41, 5.74) is 7.19. The largest absolute Gasteiger partial charge is 0.362 e. The highest BCUT2D eigenvalue weighted by atomic mass is 32.1. The van der Waals surface area contributed by atoms with Gasteiger partial charge in [0.15, 0.2) is 5.11 Å². The molecule has 0 radical (unpaired) electrons. The molecule has 0 amide bonds. The second kappa shape index (κ2) is 7.17. The highest BCUT2D eigenvalue weighted by Crippen LogP contribution is 2.18. The topological polar surface area (TPSA) is 54.2 Å². The lowest BCUT2D eigenvalue weighted by Gasteiger charge is -2.08. The third kappa shape index (κ3) is 3.71. The van der Waals surface area contributed by atoms with Crippen LogP contribution in [0.15, 0.2) is 29.5 Å². The van der Waals surface area contributed by atoms with Crippen molar-refractivity contribution in [2.45, 2.75) is 27.7 Å². The SMILES string of the molecule is CCNC(=S)N/N=C\c1cc(C)n(-c2ccc(C)cn2)c1C. The third-order valence-electron chi connectivity index (χ3n) is 3.30. The van der Waals surface area contributed by atoms with Gasteiger partial charge in [-0.1, -0.05) is 6.07 Å². The van der Waals surface area contributed by atoms with E-state index in [1.54, 1.807) is 6.21 Å². The fraction of sp³-hybridized carbons (Fsp3) is 0.312. The molecule has 6 heteroatoms. The molecule has 2 aromatic heterocycles. The van der Waals surface area contributed by atoms with Gasteiger partial charge in [-0.3, -0.25) is 5.43 Å². The molecule has 0 spiro atoms. The van der Waals surface area contributed by atoms with Crippen LogP contribution in [0.25, 0.3) is 5.82 Å². The maximum absolute atomic E-state index is 5.07. The summed E-state index contributed by atoms with van der Waals surface area (Å²) in [4.78, 5) is 4.49. The summed E-state index contributed by atoms with van der Waals surface area (Å²) in [7, 11) is 0. The van der Waals surface area contributed by atoms with Crippen LogP contribution in [0.1, 0.15) is 29.4 Å². The number of aryl methyl sites for hydroxylation is 2. The fourth-order valence-corrected chi connectivity index (χ4v) is 2.42. The van der Waals surface area contributed by atoms with Crippen LogP contribution in [0.3, 0.4) is 0 Å². The monoisotopic (exact) mass is 315 g/mol. The Morgan fingerprint density at radius 3 is 2.77 bits per heavy atom. The van der Waals surface area contributed by atoms with Gasteiger partial charge in [0.2, 0.25) is 0 Å². The van der Waals surface area contributed by atoms with Crippen LogP contribution in [-0.4, -0.2) is 27.4 Å². The van der Waals surface area contributed by atoms with Crippen molar-refractivity contribution in [1.82, 2.24) is 20.3 Å². The molecule has 116 valence electrons. The minimum atomic E-state index is 0.521. The summed E-state index contributed by atoms with van der Waals surface area (Å²) in [6, 6.07) is 6.17. The van der Waals surface area contributed by atoms with E-state index in [2.05, 4.69) is 51.4 Å². The first-order chi connectivity index (χ1) is 10.5. The summed E-state index contributed by atoms with van der Waals surface area (Å²) < 4.78 is 2.11. The van der Waals surface area contributed by atoms with E-state index in [-0.39, 0.29) is 0 Å². The maximum atomic E-state index is 5.07. The molecule has 0 atom stereocenters. The highest BCUT2D eigenvalue weighted by Gasteiger charge is 2.10. The Hall–Kier alpha value is -2.21. The molecule has 0 bridgehead atoms. The summed E-state index contributed by atoms with van der Waals surface area (Å²) in [5, 5.41) is 7.68. The first-order valence-electron chi connectivity index (χ1n) is 7.21. The van der Waals surface area contributed by atoms with Gasteiger partial charge >= 0.3 is 0 Å². The maximum Gasteiger partial charge on any atom is 0.186 e. The van der Waals surface area contributed by atoms with Gasteiger partial charge in [-0.15, -0.1) is 0 Å². The predicted octanol–water partition coefficient (Wildman–Crippen LogP) is 2.62. The third-order valence-corrected chi connectivity index (χ3v) is 3.54. The first kappa shape index (κ1) is 16.2. The lowest BCUT2D eigenvalue weighted by molar-refractivity contribution is 0.902. The molecule has 2 aromatic rings. The second-order valence-electron chi connectivity index (χ2n) is 5.09. The van der Waals surface area contributed by atoms with Crippen LogP contribution < -0.4 is 10.7 Å². The van der Waals surface area contributed by atoms with Gasteiger partial charge in [0.25, 0.3) is 0 Å². The Bertz CT molecular complexity index is 685. The molecule has 0 unspecified atom stereocenters. The van der Waals surface area contributed by atoms with Crippen LogP contribution in [0.4, 0.5) is 0 Å². The molecule has 0 aromatic carbocycles. The normalized spacial score (nSPS) is 10.9. The van der Waals surface area contributed by atoms with Crippen molar-refractivity contribution >= 4 is 23.5 Å². The molecule has 0 fully saturated rings. The van der Waals surface area contributed by atoms with E-state index >= 15 is 0 Å².